The molecule has 3 heteroatoms. The summed E-state index contributed by atoms with van der Waals surface area (Å²) in [7, 11) is 0. The standard InChI is InChI=1S/C13H19NO2/c1-9(2)14-12-7-5-11(6-8-12)13(15)16-10(3)4/h5-10,14H,1-4H3. The van der Waals surface area contributed by atoms with Gasteiger partial charge in [0.25, 0.3) is 0 Å². The fourth-order valence-electron chi connectivity index (χ4n) is 1.32. The lowest BCUT2D eigenvalue weighted by molar-refractivity contribution is 0.0378. The van der Waals surface area contributed by atoms with Crippen LogP contribution in [0.2, 0.25) is 0 Å². The highest BCUT2D eigenvalue weighted by Gasteiger charge is 2.08. The van der Waals surface area contributed by atoms with Crippen LogP contribution >= 0.6 is 0 Å². The predicted molar refractivity (Wildman–Crippen MR) is 65.8 cm³/mol. The van der Waals surface area contributed by atoms with Gasteiger partial charge < -0.3 is 10.1 Å². The lowest BCUT2D eigenvalue weighted by atomic mass is 10.2. The number of ether oxygens (including phenoxy) is 1. The van der Waals surface area contributed by atoms with Crippen LogP contribution in [0.4, 0.5) is 5.69 Å². The highest BCUT2D eigenvalue weighted by atomic mass is 16.5. The van der Waals surface area contributed by atoms with E-state index in [0.717, 1.165) is 5.69 Å². The zero-order chi connectivity index (χ0) is 12.1. The van der Waals surface area contributed by atoms with Crippen molar-refractivity contribution in [3.63, 3.8) is 0 Å². The molecule has 1 aromatic rings. The highest BCUT2D eigenvalue weighted by Crippen LogP contribution is 2.12. The molecule has 0 amide bonds. The molecule has 0 bridgehead atoms. The average molecular weight is 221 g/mol. The smallest absolute Gasteiger partial charge is 0.338 e. The molecule has 0 aromatic heterocycles. The first-order valence-corrected chi connectivity index (χ1v) is 5.56. The number of carbonyl (C=O) groups is 1. The lowest BCUT2D eigenvalue weighted by Crippen LogP contribution is -2.12. The normalized spacial score (nSPS) is 10.6. The Balaban J connectivity index is 2.67. The van der Waals surface area contributed by atoms with Crippen molar-refractivity contribution in [1.82, 2.24) is 0 Å². The van der Waals surface area contributed by atoms with Gasteiger partial charge in [0.2, 0.25) is 0 Å². The van der Waals surface area contributed by atoms with E-state index >= 15 is 0 Å². The maximum Gasteiger partial charge on any atom is 0.338 e. The fraction of sp³-hybridized carbons (Fsp3) is 0.462. The quantitative estimate of drug-likeness (QED) is 0.794. The van der Waals surface area contributed by atoms with Crippen molar-refractivity contribution in [2.45, 2.75) is 39.8 Å². The number of benzene rings is 1. The van der Waals surface area contributed by atoms with Gasteiger partial charge >= 0.3 is 5.97 Å². The van der Waals surface area contributed by atoms with Gasteiger partial charge in [-0.2, -0.15) is 0 Å². The van der Waals surface area contributed by atoms with Crippen LogP contribution < -0.4 is 5.32 Å². The molecule has 16 heavy (non-hydrogen) atoms. The maximum absolute atomic E-state index is 11.5. The minimum Gasteiger partial charge on any atom is -0.459 e. The van der Waals surface area contributed by atoms with Crippen LogP contribution in [0.3, 0.4) is 0 Å². The van der Waals surface area contributed by atoms with Crippen LogP contribution in [0.25, 0.3) is 0 Å². The number of esters is 1. The fourth-order valence-corrected chi connectivity index (χ4v) is 1.32. The van der Waals surface area contributed by atoms with E-state index < -0.39 is 0 Å². The van der Waals surface area contributed by atoms with E-state index in [1.165, 1.54) is 0 Å². The van der Waals surface area contributed by atoms with E-state index in [1.807, 2.05) is 26.0 Å². The summed E-state index contributed by atoms with van der Waals surface area (Å²) in [6.07, 6.45) is -0.0824. The number of nitrogens with one attached hydrogen (secondary N) is 1. The van der Waals surface area contributed by atoms with Crippen molar-refractivity contribution >= 4 is 11.7 Å². The molecule has 88 valence electrons. The van der Waals surface area contributed by atoms with Crippen molar-refractivity contribution in [2.24, 2.45) is 0 Å². The number of rotatable bonds is 4. The number of hydrogen-bond acceptors (Lipinski definition) is 3. The maximum atomic E-state index is 11.5. The van der Waals surface area contributed by atoms with Crippen molar-refractivity contribution in [3.8, 4) is 0 Å². The number of anilines is 1. The van der Waals surface area contributed by atoms with E-state index in [0.29, 0.717) is 11.6 Å². The Kier molecular flexibility index (Phi) is 4.35. The van der Waals surface area contributed by atoms with Gasteiger partial charge in [0.05, 0.1) is 11.7 Å². The minimum atomic E-state index is -0.272. The summed E-state index contributed by atoms with van der Waals surface area (Å²) in [5.41, 5.74) is 1.60. The Bertz CT molecular complexity index is 341. The summed E-state index contributed by atoms with van der Waals surface area (Å²) >= 11 is 0. The van der Waals surface area contributed by atoms with Gasteiger partial charge in [-0.3, -0.25) is 0 Å². The predicted octanol–water partition coefficient (Wildman–Crippen LogP) is 3.07. The van der Waals surface area contributed by atoms with Crippen molar-refractivity contribution < 1.29 is 9.53 Å². The zero-order valence-corrected chi connectivity index (χ0v) is 10.3. The first-order valence-electron chi connectivity index (χ1n) is 5.56. The van der Waals surface area contributed by atoms with Gasteiger partial charge in [-0.15, -0.1) is 0 Å². The van der Waals surface area contributed by atoms with E-state index in [2.05, 4.69) is 19.2 Å². The van der Waals surface area contributed by atoms with Gasteiger partial charge in [0, 0.05) is 11.7 Å². The van der Waals surface area contributed by atoms with Gasteiger partial charge in [-0.1, -0.05) is 0 Å². The van der Waals surface area contributed by atoms with Crippen LogP contribution in [0.1, 0.15) is 38.1 Å². The van der Waals surface area contributed by atoms with Gasteiger partial charge in [0.1, 0.15) is 0 Å². The van der Waals surface area contributed by atoms with Gasteiger partial charge in [-0.25, -0.2) is 4.79 Å². The van der Waals surface area contributed by atoms with Crippen LogP contribution in [-0.2, 0) is 4.74 Å². The van der Waals surface area contributed by atoms with Gasteiger partial charge in [-0.05, 0) is 52.0 Å². The van der Waals surface area contributed by atoms with E-state index in [1.54, 1.807) is 12.1 Å². The lowest BCUT2D eigenvalue weighted by Gasteiger charge is -2.11. The molecule has 0 radical (unpaired) electrons. The molecular formula is C13H19NO2. The highest BCUT2D eigenvalue weighted by molar-refractivity contribution is 5.89. The SMILES string of the molecule is CC(C)Nc1ccc(C(=O)OC(C)C)cc1. The molecule has 0 spiro atoms. The van der Waals surface area contributed by atoms with Gasteiger partial charge in [0.15, 0.2) is 0 Å². The second-order valence-corrected chi connectivity index (χ2v) is 4.33. The molecule has 0 aliphatic heterocycles. The molecule has 0 unspecified atom stereocenters. The summed E-state index contributed by atoms with van der Waals surface area (Å²) < 4.78 is 5.10. The summed E-state index contributed by atoms with van der Waals surface area (Å²) in [4.78, 5) is 11.5. The first kappa shape index (κ1) is 12.6. The zero-order valence-electron chi connectivity index (χ0n) is 10.3. The summed E-state index contributed by atoms with van der Waals surface area (Å²) in [5, 5.41) is 3.26. The van der Waals surface area contributed by atoms with E-state index in [9.17, 15) is 4.79 Å². The summed E-state index contributed by atoms with van der Waals surface area (Å²) in [6, 6.07) is 7.70. The molecule has 0 aliphatic rings. The van der Waals surface area contributed by atoms with Crippen molar-refractivity contribution in [1.29, 1.82) is 0 Å². The third-order valence-corrected chi connectivity index (χ3v) is 1.92. The Labute approximate surface area is 96.8 Å². The molecule has 3 nitrogen and oxygen atoms in total. The third kappa shape index (κ3) is 3.93. The summed E-state index contributed by atoms with van der Waals surface area (Å²) in [5.74, 6) is -0.272. The minimum absolute atomic E-state index is 0.0824. The van der Waals surface area contributed by atoms with Crippen molar-refractivity contribution in [3.05, 3.63) is 29.8 Å². The van der Waals surface area contributed by atoms with E-state index in [-0.39, 0.29) is 12.1 Å². The number of hydrogen-bond donors (Lipinski definition) is 1. The van der Waals surface area contributed by atoms with Crippen LogP contribution in [0.5, 0.6) is 0 Å². The monoisotopic (exact) mass is 221 g/mol. The Morgan fingerprint density at radius 3 is 2.12 bits per heavy atom. The van der Waals surface area contributed by atoms with Crippen LogP contribution in [-0.4, -0.2) is 18.1 Å². The second kappa shape index (κ2) is 5.54. The molecular weight excluding hydrogens is 202 g/mol. The Morgan fingerprint density at radius 1 is 1.12 bits per heavy atom. The topological polar surface area (TPSA) is 38.3 Å². The molecule has 0 fully saturated rings. The van der Waals surface area contributed by atoms with Crippen LogP contribution in [0, 0.1) is 0 Å². The van der Waals surface area contributed by atoms with Crippen molar-refractivity contribution in [2.75, 3.05) is 5.32 Å². The molecule has 0 heterocycles. The Morgan fingerprint density at radius 2 is 1.69 bits per heavy atom. The van der Waals surface area contributed by atoms with E-state index in [4.69, 9.17) is 4.74 Å². The average Bonchev–Trinajstić information content (AvgIpc) is 2.16. The molecule has 0 saturated carbocycles. The number of carbonyl (C=O) groups excluding carboxylic acids is 1. The first-order chi connectivity index (χ1) is 7.49. The third-order valence-electron chi connectivity index (χ3n) is 1.92. The molecule has 1 N–H and O–H groups in total. The second-order valence-electron chi connectivity index (χ2n) is 4.33. The molecule has 0 aliphatic carbocycles. The molecule has 1 aromatic carbocycles. The largest absolute Gasteiger partial charge is 0.459 e. The Hall–Kier alpha value is -1.51. The summed E-state index contributed by atoms with van der Waals surface area (Å²) in [6.45, 7) is 7.82. The molecule has 0 atom stereocenters. The van der Waals surface area contributed by atoms with Crippen LogP contribution in [0.15, 0.2) is 24.3 Å². The molecule has 1 rings (SSSR count). The molecule has 0 saturated heterocycles.